The van der Waals surface area contributed by atoms with Gasteiger partial charge in [0.2, 0.25) is 0 Å². The van der Waals surface area contributed by atoms with E-state index in [1.54, 1.807) is 0 Å². The molecule has 1 rings (SSSR count). The van der Waals surface area contributed by atoms with Gasteiger partial charge in [0.15, 0.2) is 0 Å². The van der Waals surface area contributed by atoms with E-state index in [9.17, 15) is 0 Å². The summed E-state index contributed by atoms with van der Waals surface area (Å²) in [7, 11) is 0. The van der Waals surface area contributed by atoms with Crippen LogP contribution in [0.25, 0.3) is 0 Å². The molecule has 0 saturated carbocycles. The zero-order valence-electron chi connectivity index (χ0n) is 12.1. The van der Waals surface area contributed by atoms with E-state index in [2.05, 4.69) is 50.1 Å². The fourth-order valence-corrected chi connectivity index (χ4v) is 2.63. The Hall–Kier alpha value is -0.340. The van der Waals surface area contributed by atoms with Gasteiger partial charge in [-0.25, -0.2) is 0 Å². The highest BCUT2D eigenvalue weighted by Crippen LogP contribution is 2.17. The van der Waals surface area contributed by atoms with Gasteiger partial charge in [-0.2, -0.15) is 0 Å². The minimum Gasteiger partial charge on any atom is -0.311 e. The van der Waals surface area contributed by atoms with Crippen molar-refractivity contribution >= 4 is 0 Å². The maximum absolute atomic E-state index is 3.73. The molecule has 0 aromatic carbocycles. The molecule has 1 N–H and O–H groups in total. The predicted molar refractivity (Wildman–Crippen MR) is 76.3 cm³/mol. The number of allylic oxidation sites excluding steroid dienone is 1. The van der Waals surface area contributed by atoms with Gasteiger partial charge in [0, 0.05) is 31.7 Å². The van der Waals surface area contributed by atoms with Crippen molar-refractivity contribution in [2.75, 3.05) is 19.6 Å². The Morgan fingerprint density at radius 3 is 2.76 bits per heavy atom. The molecule has 1 saturated heterocycles. The number of hydrogen-bond acceptors (Lipinski definition) is 2. The lowest BCUT2D eigenvalue weighted by Gasteiger charge is -2.42. The van der Waals surface area contributed by atoms with Gasteiger partial charge < -0.3 is 5.32 Å². The Kier molecular flexibility index (Phi) is 6.83. The van der Waals surface area contributed by atoms with Crippen LogP contribution in [0.2, 0.25) is 0 Å². The van der Waals surface area contributed by atoms with Crippen LogP contribution in [-0.4, -0.2) is 36.6 Å². The van der Waals surface area contributed by atoms with Gasteiger partial charge in [0.25, 0.3) is 0 Å². The molecule has 1 aliphatic rings. The van der Waals surface area contributed by atoms with Gasteiger partial charge in [-0.1, -0.05) is 39.3 Å². The molecule has 1 heterocycles. The van der Waals surface area contributed by atoms with Crippen molar-refractivity contribution in [2.45, 2.75) is 59.0 Å². The summed E-state index contributed by atoms with van der Waals surface area (Å²) in [5.74, 6) is 0.789. The molecule has 0 radical (unpaired) electrons. The highest BCUT2D eigenvalue weighted by molar-refractivity contribution is 4.89. The molecule has 3 unspecified atom stereocenters. The second-order valence-electron chi connectivity index (χ2n) is 5.31. The molecule has 17 heavy (non-hydrogen) atoms. The van der Waals surface area contributed by atoms with E-state index < -0.39 is 0 Å². The summed E-state index contributed by atoms with van der Waals surface area (Å²) in [6.07, 6.45) is 8.18. The van der Waals surface area contributed by atoms with Gasteiger partial charge in [-0.3, -0.25) is 4.90 Å². The zero-order chi connectivity index (χ0) is 12.7. The smallest absolute Gasteiger partial charge is 0.0221 e. The van der Waals surface area contributed by atoms with Crippen molar-refractivity contribution in [3.05, 3.63) is 12.2 Å². The van der Waals surface area contributed by atoms with E-state index >= 15 is 0 Å². The largest absolute Gasteiger partial charge is 0.311 e. The topological polar surface area (TPSA) is 15.3 Å². The normalized spacial score (nSPS) is 28.7. The van der Waals surface area contributed by atoms with Crippen LogP contribution in [0.5, 0.6) is 0 Å². The van der Waals surface area contributed by atoms with Crippen molar-refractivity contribution in [1.82, 2.24) is 10.2 Å². The molecule has 0 aromatic rings. The first kappa shape index (κ1) is 14.7. The maximum atomic E-state index is 3.73. The molecule has 2 nitrogen and oxygen atoms in total. The first-order valence-corrected chi connectivity index (χ1v) is 7.31. The van der Waals surface area contributed by atoms with Crippen LogP contribution in [0.3, 0.4) is 0 Å². The average molecular weight is 238 g/mol. The van der Waals surface area contributed by atoms with E-state index in [1.165, 1.54) is 38.9 Å². The summed E-state index contributed by atoms with van der Waals surface area (Å²) >= 11 is 0. The van der Waals surface area contributed by atoms with E-state index in [4.69, 9.17) is 0 Å². The van der Waals surface area contributed by atoms with Gasteiger partial charge in [0.05, 0.1) is 0 Å². The summed E-state index contributed by atoms with van der Waals surface area (Å²) in [5.41, 5.74) is 0. The molecule has 3 atom stereocenters. The molecule has 0 bridgehead atoms. The molecule has 0 amide bonds. The fraction of sp³-hybridized carbons (Fsp3) is 0.867. The zero-order valence-corrected chi connectivity index (χ0v) is 12.1. The van der Waals surface area contributed by atoms with Crippen LogP contribution in [0.4, 0.5) is 0 Å². The molecule has 1 fully saturated rings. The summed E-state index contributed by atoms with van der Waals surface area (Å²) < 4.78 is 0. The number of rotatable bonds is 6. The number of piperazine rings is 1. The van der Waals surface area contributed by atoms with E-state index in [0.717, 1.165) is 12.0 Å². The molecule has 0 aliphatic carbocycles. The molecule has 1 aliphatic heterocycles. The van der Waals surface area contributed by atoms with E-state index in [1.807, 2.05) is 0 Å². The second kappa shape index (κ2) is 7.88. The minimum absolute atomic E-state index is 0.688. The maximum Gasteiger partial charge on any atom is 0.0221 e. The molecule has 0 spiro atoms. The molecule has 2 heteroatoms. The quantitative estimate of drug-likeness (QED) is 0.716. The van der Waals surface area contributed by atoms with E-state index in [-0.39, 0.29) is 0 Å². The van der Waals surface area contributed by atoms with Crippen molar-refractivity contribution < 1.29 is 0 Å². The molecular formula is C15H30N2. The second-order valence-corrected chi connectivity index (χ2v) is 5.31. The standard InChI is InChI=1S/C15H30N2/c1-5-8-9-10-17-12-15(13(4)6-2)16-11-14(17)7-3/h5,8,13-16H,6-7,9-12H2,1-4H3/b8-5+. The van der Waals surface area contributed by atoms with E-state index in [0.29, 0.717) is 6.04 Å². The molecule has 100 valence electrons. The molecular weight excluding hydrogens is 208 g/mol. The van der Waals surface area contributed by atoms with Crippen molar-refractivity contribution in [2.24, 2.45) is 5.92 Å². The summed E-state index contributed by atoms with van der Waals surface area (Å²) in [6, 6.07) is 1.42. The lowest BCUT2D eigenvalue weighted by atomic mass is 9.94. The minimum atomic E-state index is 0.688. The monoisotopic (exact) mass is 238 g/mol. The Bertz CT molecular complexity index is 225. The molecule has 0 aromatic heterocycles. The third-order valence-corrected chi connectivity index (χ3v) is 4.18. The number of hydrogen-bond donors (Lipinski definition) is 1. The SMILES string of the molecule is C/C=C/CCN1CC(C(C)CC)NCC1CC. The van der Waals surface area contributed by atoms with Gasteiger partial charge in [-0.15, -0.1) is 0 Å². The predicted octanol–water partition coefficient (Wildman–Crippen LogP) is 3.05. The summed E-state index contributed by atoms with van der Waals surface area (Å²) in [6.45, 7) is 12.7. The van der Waals surface area contributed by atoms with Crippen LogP contribution < -0.4 is 5.32 Å². The van der Waals surface area contributed by atoms with Gasteiger partial charge in [0.1, 0.15) is 0 Å². The Morgan fingerprint density at radius 1 is 1.41 bits per heavy atom. The van der Waals surface area contributed by atoms with Crippen LogP contribution in [0.1, 0.15) is 47.0 Å². The highest BCUT2D eigenvalue weighted by atomic mass is 15.2. The van der Waals surface area contributed by atoms with Gasteiger partial charge >= 0.3 is 0 Å². The Labute approximate surface area is 107 Å². The third kappa shape index (κ3) is 4.44. The van der Waals surface area contributed by atoms with Gasteiger partial charge in [-0.05, 0) is 25.7 Å². The summed E-state index contributed by atoms with van der Waals surface area (Å²) in [4.78, 5) is 2.69. The first-order valence-electron chi connectivity index (χ1n) is 7.31. The van der Waals surface area contributed by atoms with Crippen LogP contribution >= 0.6 is 0 Å². The van der Waals surface area contributed by atoms with Crippen molar-refractivity contribution in [3.8, 4) is 0 Å². The first-order chi connectivity index (χ1) is 8.22. The third-order valence-electron chi connectivity index (χ3n) is 4.18. The Balaban J connectivity index is 2.49. The lowest BCUT2D eigenvalue weighted by molar-refractivity contribution is 0.108. The Morgan fingerprint density at radius 2 is 2.18 bits per heavy atom. The lowest BCUT2D eigenvalue weighted by Crippen LogP contribution is -2.58. The van der Waals surface area contributed by atoms with Crippen molar-refractivity contribution in [1.29, 1.82) is 0 Å². The van der Waals surface area contributed by atoms with Crippen molar-refractivity contribution in [3.63, 3.8) is 0 Å². The fourth-order valence-electron chi connectivity index (χ4n) is 2.63. The highest BCUT2D eigenvalue weighted by Gasteiger charge is 2.28. The number of nitrogens with one attached hydrogen (secondary N) is 1. The summed E-state index contributed by atoms with van der Waals surface area (Å²) in [5, 5.41) is 3.73. The van der Waals surface area contributed by atoms with Crippen LogP contribution in [0.15, 0.2) is 12.2 Å². The average Bonchev–Trinajstić information content (AvgIpc) is 2.38. The van der Waals surface area contributed by atoms with Crippen LogP contribution in [-0.2, 0) is 0 Å². The number of nitrogens with zero attached hydrogens (tertiary/aromatic N) is 1. The van der Waals surface area contributed by atoms with Crippen LogP contribution in [0, 0.1) is 5.92 Å².